The molecule has 1 aliphatic heterocycles. The zero-order valence-electron chi connectivity index (χ0n) is 18.4. The van der Waals surface area contributed by atoms with E-state index in [0.29, 0.717) is 6.42 Å². The maximum atomic E-state index is 12.3. The summed E-state index contributed by atoms with van der Waals surface area (Å²) in [5, 5.41) is 8.95. The smallest absolute Gasteiger partial charge is 0.220 e. The van der Waals surface area contributed by atoms with Crippen molar-refractivity contribution in [3.8, 4) is 0 Å². The first-order valence-electron chi connectivity index (χ1n) is 10.5. The van der Waals surface area contributed by atoms with Crippen LogP contribution in [0.3, 0.4) is 0 Å². The number of hydrogen-bond donors (Lipinski definition) is 1. The fourth-order valence-corrected chi connectivity index (χ4v) is 4.23. The summed E-state index contributed by atoms with van der Waals surface area (Å²) in [7, 11) is 0. The molecule has 0 spiro atoms. The molecule has 0 aliphatic carbocycles. The number of pyridine rings is 1. The van der Waals surface area contributed by atoms with Crippen LogP contribution < -0.4 is 5.32 Å². The summed E-state index contributed by atoms with van der Waals surface area (Å²) in [6, 6.07) is 0. The second kappa shape index (κ2) is 8.19. The van der Waals surface area contributed by atoms with E-state index in [-0.39, 0.29) is 11.4 Å². The summed E-state index contributed by atoms with van der Waals surface area (Å²) in [6.45, 7) is 16.7. The number of nitrogens with one attached hydrogen (secondary N) is 1. The monoisotopic (exact) mass is 385 g/mol. The molecule has 0 aromatic carbocycles. The number of carbonyl (C=O) groups is 1. The van der Waals surface area contributed by atoms with Crippen LogP contribution in [0.15, 0.2) is 0 Å². The molecule has 1 N–H and O–H groups in total. The van der Waals surface area contributed by atoms with E-state index < -0.39 is 0 Å². The Morgan fingerprint density at radius 2 is 1.79 bits per heavy atom. The summed E-state index contributed by atoms with van der Waals surface area (Å²) in [4.78, 5) is 19.6. The zero-order valence-corrected chi connectivity index (χ0v) is 18.4. The van der Waals surface area contributed by atoms with Crippen LogP contribution in [-0.2, 0) is 16.8 Å². The Hall–Kier alpha value is -1.95. The molecule has 1 fully saturated rings. The Balaban J connectivity index is 1.69. The molecular formula is C22H35N5O. The number of aryl methyl sites for hydroxylation is 3. The van der Waals surface area contributed by atoms with Gasteiger partial charge in [-0.25, -0.2) is 9.67 Å². The van der Waals surface area contributed by atoms with Crippen molar-refractivity contribution in [3.05, 3.63) is 22.5 Å². The third-order valence-electron chi connectivity index (χ3n) is 5.76. The first-order chi connectivity index (χ1) is 13.2. The highest BCUT2D eigenvalue weighted by Crippen LogP contribution is 2.29. The molecule has 0 radical (unpaired) electrons. The fraction of sp³-hybridized carbons (Fsp3) is 0.682. The average molecular weight is 386 g/mol. The van der Waals surface area contributed by atoms with Crippen LogP contribution in [0.5, 0.6) is 0 Å². The number of carbonyl (C=O) groups excluding carboxylic acids is 1. The van der Waals surface area contributed by atoms with Crippen molar-refractivity contribution < 1.29 is 4.79 Å². The van der Waals surface area contributed by atoms with Crippen LogP contribution in [0.1, 0.15) is 62.5 Å². The van der Waals surface area contributed by atoms with Crippen molar-refractivity contribution in [2.75, 3.05) is 26.2 Å². The lowest BCUT2D eigenvalue weighted by molar-refractivity contribution is -0.121. The van der Waals surface area contributed by atoms with Crippen molar-refractivity contribution in [2.45, 2.75) is 72.8 Å². The Morgan fingerprint density at radius 1 is 1.11 bits per heavy atom. The Bertz CT molecular complexity index is 856. The van der Waals surface area contributed by atoms with Gasteiger partial charge in [0.2, 0.25) is 5.91 Å². The standard InChI is InChI=1S/C22H35N5O/c1-15-18(9-10-19(28)23-11-14-26-12-7-8-13-26)16(2)24-21-20(15)17(3)25-27(21)22(4,5)6/h7-14H2,1-6H3,(H,23,28). The van der Waals surface area contributed by atoms with Crippen LogP contribution in [0, 0.1) is 20.8 Å². The number of hydrogen-bond acceptors (Lipinski definition) is 4. The van der Waals surface area contributed by atoms with Gasteiger partial charge < -0.3 is 10.2 Å². The number of aromatic nitrogens is 3. The molecule has 3 heterocycles. The van der Waals surface area contributed by atoms with Crippen LogP contribution >= 0.6 is 0 Å². The van der Waals surface area contributed by atoms with Gasteiger partial charge in [-0.1, -0.05) is 0 Å². The lowest BCUT2D eigenvalue weighted by Crippen LogP contribution is -2.33. The van der Waals surface area contributed by atoms with Gasteiger partial charge in [0.15, 0.2) is 5.65 Å². The van der Waals surface area contributed by atoms with E-state index in [1.165, 1.54) is 37.1 Å². The van der Waals surface area contributed by atoms with Gasteiger partial charge in [-0.3, -0.25) is 4.79 Å². The van der Waals surface area contributed by atoms with E-state index in [4.69, 9.17) is 10.1 Å². The van der Waals surface area contributed by atoms with Gasteiger partial charge in [0.1, 0.15) is 0 Å². The van der Waals surface area contributed by atoms with Crippen LogP contribution in [0.4, 0.5) is 0 Å². The highest BCUT2D eigenvalue weighted by molar-refractivity contribution is 5.84. The largest absolute Gasteiger partial charge is 0.355 e. The molecule has 6 nitrogen and oxygen atoms in total. The fourth-order valence-electron chi connectivity index (χ4n) is 4.23. The van der Waals surface area contributed by atoms with E-state index in [1.807, 2.05) is 18.5 Å². The van der Waals surface area contributed by atoms with Crippen molar-refractivity contribution in [1.82, 2.24) is 25.0 Å². The number of nitrogens with zero attached hydrogens (tertiary/aromatic N) is 4. The maximum absolute atomic E-state index is 12.3. The van der Waals surface area contributed by atoms with Gasteiger partial charge in [0, 0.05) is 30.6 Å². The van der Waals surface area contributed by atoms with Crippen LogP contribution in [0.2, 0.25) is 0 Å². The summed E-state index contributed by atoms with van der Waals surface area (Å²) in [5.41, 5.74) is 5.22. The SMILES string of the molecule is Cc1nc2c(c(C)nn2C(C)(C)C)c(C)c1CCC(=O)NCCN1CCCC1. The predicted molar refractivity (Wildman–Crippen MR) is 114 cm³/mol. The number of likely N-dealkylation sites (tertiary alicyclic amines) is 1. The summed E-state index contributed by atoms with van der Waals surface area (Å²) in [6.07, 6.45) is 3.79. The molecule has 28 heavy (non-hydrogen) atoms. The first kappa shape index (κ1) is 20.8. The molecule has 2 aromatic rings. The molecular weight excluding hydrogens is 350 g/mol. The number of rotatable bonds is 6. The second-order valence-corrected chi connectivity index (χ2v) is 9.07. The normalized spacial score (nSPS) is 15.5. The van der Waals surface area contributed by atoms with Crippen molar-refractivity contribution in [2.24, 2.45) is 0 Å². The molecule has 2 aromatic heterocycles. The van der Waals surface area contributed by atoms with Crippen molar-refractivity contribution in [3.63, 3.8) is 0 Å². The van der Waals surface area contributed by atoms with E-state index in [1.54, 1.807) is 0 Å². The molecule has 6 heteroatoms. The molecule has 0 unspecified atom stereocenters. The van der Waals surface area contributed by atoms with E-state index in [2.05, 4.69) is 37.9 Å². The molecule has 1 saturated heterocycles. The minimum atomic E-state index is -0.116. The topological polar surface area (TPSA) is 63.1 Å². The molecule has 0 bridgehead atoms. The molecule has 0 atom stereocenters. The Morgan fingerprint density at radius 3 is 2.43 bits per heavy atom. The lowest BCUT2D eigenvalue weighted by atomic mass is 9.99. The van der Waals surface area contributed by atoms with Gasteiger partial charge in [-0.15, -0.1) is 0 Å². The zero-order chi connectivity index (χ0) is 20.5. The van der Waals surface area contributed by atoms with Gasteiger partial charge in [-0.05, 0) is 85.0 Å². The van der Waals surface area contributed by atoms with Crippen LogP contribution in [0.25, 0.3) is 11.0 Å². The van der Waals surface area contributed by atoms with Crippen molar-refractivity contribution in [1.29, 1.82) is 0 Å². The minimum absolute atomic E-state index is 0.116. The van der Waals surface area contributed by atoms with Gasteiger partial charge in [-0.2, -0.15) is 5.10 Å². The highest BCUT2D eigenvalue weighted by atomic mass is 16.1. The van der Waals surface area contributed by atoms with E-state index >= 15 is 0 Å². The average Bonchev–Trinajstić information content (AvgIpc) is 3.22. The third-order valence-corrected chi connectivity index (χ3v) is 5.76. The first-order valence-corrected chi connectivity index (χ1v) is 10.5. The third kappa shape index (κ3) is 4.37. The highest BCUT2D eigenvalue weighted by Gasteiger charge is 2.23. The maximum Gasteiger partial charge on any atom is 0.220 e. The van der Waals surface area contributed by atoms with E-state index in [9.17, 15) is 4.79 Å². The minimum Gasteiger partial charge on any atom is -0.355 e. The lowest BCUT2D eigenvalue weighted by Gasteiger charge is -2.20. The Labute approximate surface area is 168 Å². The van der Waals surface area contributed by atoms with Gasteiger partial charge in [0.05, 0.1) is 11.2 Å². The molecule has 3 rings (SSSR count). The summed E-state index contributed by atoms with van der Waals surface area (Å²) in [5.74, 6) is 0.125. The van der Waals surface area contributed by atoms with Crippen molar-refractivity contribution >= 4 is 16.9 Å². The van der Waals surface area contributed by atoms with E-state index in [0.717, 1.165) is 41.9 Å². The number of amides is 1. The molecule has 0 saturated carbocycles. The predicted octanol–water partition coefficient (Wildman–Crippen LogP) is 3.26. The second-order valence-electron chi connectivity index (χ2n) is 9.07. The number of fused-ring (bicyclic) bond motifs is 1. The molecule has 154 valence electrons. The summed E-state index contributed by atoms with van der Waals surface area (Å²) >= 11 is 0. The van der Waals surface area contributed by atoms with Gasteiger partial charge >= 0.3 is 0 Å². The quantitative estimate of drug-likeness (QED) is 0.829. The Kier molecular flexibility index (Phi) is 6.08. The van der Waals surface area contributed by atoms with Gasteiger partial charge in [0.25, 0.3) is 0 Å². The summed E-state index contributed by atoms with van der Waals surface area (Å²) < 4.78 is 2.02. The molecule has 1 amide bonds. The molecule has 1 aliphatic rings. The van der Waals surface area contributed by atoms with Crippen LogP contribution in [-0.4, -0.2) is 51.8 Å².